The van der Waals surface area contributed by atoms with Crippen LogP contribution in [0.5, 0.6) is 11.5 Å². The van der Waals surface area contributed by atoms with E-state index in [1.807, 2.05) is 18.2 Å². The SMILES string of the molecule is Cc1cn(COCCS(C)(C)C)c2nccc(Oc3ccc(CN4CCOCC4)cc3)c12. The summed E-state index contributed by atoms with van der Waals surface area (Å²) in [4.78, 5) is 7.02. The predicted molar refractivity (Wildman–Crippen MR) is 133 cm³/mol. The summed E-state index contributed by atoms with van der Waals surface area (Å²) >= 11 is 0. The molecule has 2 aromatic heterocycles. The minimum Gasteiger partial charge on any atom is -0.457 e. The van der Waals surface area contributed by atoms with Gasteiger partial charge in [0.15, 0.2) is 0 Å². The first kappa shape index (κ1) is 23.1. The molecule has 174 valence electrons. The number of hydrogen-bond acceptors (Lipinski definition) is 5. The monoisotopic (exact) mass is 457 g/mol. The van der Waals surface area contributed by atoms with E-state index < -0.39 is 10.0 Å². The average Bonchev–Trinajstić information content (AvgIpc) is 3.09. The third-order valence-corrected chi connectivity index (χ3v) is 7.03. The Kier molecular flexibility index (Phi) is 7.40. The third-order valence-electron chi connectivity index (χ3n) is 5.64. The molecule has 0 unspecified atom stereocenters. The fourth-order valence-corrected chi connectivity index (χ4v) is 4.46. The minimum absolute atomic E-state index is 0.506. The van der Waals surface area contributed by atoms with Gasteiger partial charge in [0.05, 0.1) is 25.2 Å². The molecule has 1 saturated heterocycles. The van der Waals surface area contributed by atoms with Gasteiger partial charge in [-0.05, 0) is 55.0 Å². The van der Waals surface area contributed by atoms with Crippen LogP contribution in [0.4, 0.5) is 0 Å². The van der Waals surface area contributed by atoms with Crippen molar-refractivity contribution >= 4 is 21.1 Å². The number of rotatable bonds is 9. The first-order valence-electron chi connectivity index (χ1n) is 11.1. The smallest absolute Gasteiger partial charge is 0.145 e. The lowest BCUT2D eigenvalue weighted by molar-refractivity contribution is 0.0342. The molecule has 3 aromatic rings. The summed E-state index contributed by atoms with van der Waals surface area (Å²) in [5, 5.41) is 1.04. The number of aryl methyl sites for hydroxylation is 1. The van der Waals surface area contributed by atoms with E-state index in [0.717, 1.165) is 73.3 Å². The number of morpholine rings is 1. The molecule has 1 aliphatic heterocycles. The summed E-state index contributed by atoms with van der Waals surface area (Å²) in [5.74, 6) is 2.76. The Balaban J connectivity index is 1.43. The van der Waals surface area contributed by atoms with Gasteiger partial charge in [0.25, 0.3) is 0 Å². The van der Waals surface area contributed by atoms with Crippen molar-refractivity contribution < 1.29 is 14.2 Å². The highest BCUT2D eigenvalue weighted by Crippen LogP contribution is 2.34. The van der Waals surface area contributed by atoms with Crippen LogP contribution in [0.2, 0.25) is 0 Å². The number of hydrogen-bond donors (Lipinski definition) is 0. The van der Waals surface area contributed by atoms with Crippen LogP contribution in [0.3, 0.4) is 0 Å². The molecule has 0 saturated carbocycles. The Morgan fingerprint density at radius 1 is 1.06 bits per heavy atom. The van der Waals surface area contributed by atoms with Crippen LogP contribution in [0.15, 0.2) is 42.7 Å². The number of ether oxygens (including phenoxy) is 3. The molecule has 0 bridgehead atoms. The summed E-state index contributed by atoms with van der Waals surface area (Å²) < 4.78 is 19.7. The van der Waals surface area contributed by atoms with Gasteiger partial charge in [-0.3, -0.25) is 4.90 Å². The fourth-order valence-electron chi connectivity index (χ4n) is 3.84. The van der Waals surface area contributed by atoms with Crippen molar-refractivity contribution in [3.63, 3.8) is 0 Å². The van der Waals surface area contributed by atoms with Crippen LogP contribution >= 0.6 is 10.0 Å². The summed E-state index contributed by atoms with van der Waals surface area (Å²) in [6.45, 7) is 7.94. The second kappa shape index (κ2) is 10.3. The van der Waals surface area contributed by atoms with E-state index in [4.69, 9.17) is 14.2 Å². The van der Waals surface area contributed by atoms with Gasteiger partial charge in [0.2, 0.25) is 0 Å². The van der Waals surface area contributed by atoms with E-state index in [1.165, 1.54) is 5.56 Å². The van der Waals surface area contributed by atoms with Crippen molar-refractivity contribution in [3.05, 3.63) is 53.9 Å². The van der Waals surface area contributed by atoms with E-state index in [1.54, 1.807) is 6.20 Å². The summed E-state index contributed by atoms with van der Waals surface area (Å²) in [6.07, 6.45) is 10.8. The highest BCUT2D eigenvalue weighted by atomic mass is 32.3. The van der Waals surface area contributed by atoms with E-state index >= 15 is 0 Å². The maximum atomic E-state index is 6.28. The van der Waals surface area contributed by atoms with Gasteiger partial charge in [0.1, 0.15) is 23.9 Å². The Labute approximate surface area is 192 Å². The number of benzene rings is 1. The van der Waals surface area contributed by atoms with Gasteiger partial charge < -0.3 is 18.8 Å². The molecule has 32 heavy (non-hydrogen) atoms. The normalized spacial score (nSPS) is 15.9. The van der Waals surface area contributed by atoms with Gasteiger partial charge in [-0.25, -0.2) is 15.0 Å². The van der Waals surface area contributed by atoms with Crippen LogP contribution in [0, 0.1) is 6.92 Å². The molecule has 1 aliphatic rings. The Bertz CT molecular complexity index is 1020. The maximum absolute atomic E-state index is 6.28. The lowest BCUT2D eigenvalue weighted by Crippen LogP contribution is -2.35. The fraction of sp³-hybridized carbons (Fsp3) is 0.480. The molecule has 0 N–H and O–H groups in total. The first-order valence-corrected chi connectivity index (χ1v) is 14.2. The Hall–Kier alpha value is -2.06. The van der Waals surface area contributed by atoms with Crippen LogP contribution in [0.25, 0.3) is 11.0 Å². The van der Waals surface area contributed by atoms with Crippen LogP contribution < -0.4 is 4.74 Å². The van der Waals surface area contributed by atoms with E-state index in [0.29, 0.717) is 6.73 Å². The van der Waals surface area contributed by atoms with Crippen LogP contribution in [0.1, 0.15) is 11.1 Å². The molecule has 7 heteroatoms. The van der Waals surface area contributed by atoms with Crippen molar-refractivity contribution in [1.82, 2.24) is 14.5 Å². The topological polar surface area (TPSA) is 48.8 Å². The molecule has 0 spiro atoms. The second-order valence-corrected chi connectivity index (χ2v) is 13.8. The van der Waals surface area contributed by atoms with Crippen LogP contribution in [-0.4, -0.2) is 71.9 Å². The molecule has 0 atom stereocenters. The zero-order chi connectivity index (χ0) is 22.6. The molecule has 0 aliphatic carbocycles. The van der Waals surface area contributed by atoms with Gasteiger partial charge in [-0.1, -0.05) is 12.1 Å². The zero-order valence-corrected chi connectivity index (χ0v) is 20.5. The number of pyridine rings is 1. The van der Waals surface area contributed by atoms with E-state index in [2.05, 4.69) is 58.5 Å². The Morgan fingerprint density at radius 3 is 2.53 bits per heavy atom. The lowest BCUT2D eigenvalue weighted by atomic mass is 10.2. The van der Waals surface area contributed by atoms with Crippen molar-refractivity contribution in [2.24, 2.45) is 0 Å². The van der Waals surface area contributed by atoms with E-state index in [9.17, 15) is 0 Å². The van der Waals surface area contributed by atoms with E-state index in [-0.39, 0.29) is 0 Å². The average molecular weight is 458 g/mol. The molecule has 0 amide bonds. The molecule has 1 fully saturated rings. The molecule has 0 radical (unpaired) electrons. The number of aromatic nitrogens is 2. The van der Waals surface area contributed by atoms with Crippen molar-refractivity contribution in [2.45, 2.75) is 20.2 Å². The van der Waals surface area contributed by atoms with Gasteiger partial charge in [-0.2, -0.15) is 0 Å². The molecule has 4 rings (SSSR count). The molecule has 1 aromatic carbocycles. The summed E-state index contributed by atoms with van der Waals surface area (Å²) in [7, 11) is -0.547. The molecular weight excluding hydrogens is 422 g/mol. The standard InChI is InChI=1S/C25H35N3O3S/c1-20-17-28(19-30-15-16-32(2,3)4)25-24(20)23(9-10-26-25)31-22-7-5-21(6-8-22)18-27-11-13-29-14-12-27/h5-10,17H,11-16,18-19H2,1-4H3. The Morgan fingerprint density at radius 2 is 1.81 bits per heavy atom. The van der Waals surface area contributed by atoms with Gasteiger partial charge in [0, 0.05) is 37.8 Å². The highest BCUT2D eigenvalue weighted by Gasteiger charge is 2.14. The highest BCUT2D eigenvalue weighted by molar-refractivity contribution is 8.32. The second-order valence-electron chi connectivity index (χ2n) is 9.26. The van der Waals surface area contributed by atoms with Gasteiger partial charge >= 0.3 is 0 Å². The zero-order valence-electron chi connectivity index (χ0n) is 19.7. The molecular formula is C25H35N3O3S. The predicted octanol–water partition coefficient (Wildman–Crippen LogP) is 4.64. The minimum atomic E-state index is -0.547. The largest absolute Gasteiger partial charge is 0.457 e. The van der Waals surface area contributed by atoms with Crippen LogP contribution in [-0.2, 0) is 22.7 Å². The van der Waals surface area contributed by atoms with Crippen molar-refractivity contribution in [1.29, 1.82) is 0 Å². The summed E-state index contributed by atoms with van der Waals surface area (Å²) in [6, 6.07) is 10.3. The number of fused-ring (bicyclic) bond motifs is 1. The quantitative estimate of drug-likeness (QED) is 0.438. The summed E-state index contributed by atoms with van der Waals surface area (Å²) in [5.41, 5.74) is 3.32. The number of nitrogens with zero attached hydrogens (tertiary/aromatic N) is 3. The maximum Gasteiger partial charge on any atom is 0.145 e. The molecule has 6 nitrogen and oxygen atoms in total. The lowest BCUT2D eigenvalue weighted by Gasteiger charge is -2.26. The molecule has 3 heterocycles. The third kappa shape index (κ3) is 6.04. The van der Waals surface area contributed by atoms with Gasteiger partial charge in [-0.15, -0.1) is 0 Å². The van der Waals surface area contributed by atoms with Crippen molar-refractivity contribution in [3.8, 4) is 11.5 Å². The van der Waals surface area contributed by atoms with Crippen molar-refractivity contribution in [2.75, 3.05) is 57.4 Å². The first-order chi connectivity index (χ1) is 15.4.